The molecule has 4 rings (SSSR count). The van der Waals surface area contributed by atoms with Crippen molar-refractivity contribution in [3.63, 3.8) is 0 Å². The fourth-order valence-corrected chi connectivity index (χ4v) is 5.58. The van der Waals surface area contributed by atoms with Crippen LogP contribution in [0.3, 0.4) is 0 Å². The van der Waals surface area contributed by atoms with E-state index in [1.165, 1.54) is 8.61 Å². The number of benzene rings is 1. The van der Waals surface area contributed by atoms with E-state index < -0.39 is 10.2 Å². The van der Waals surface area contributed by atoms with Crippen LogP contribution < -0.4 is 0 Å². The minimum Gasteiger partial charge on any atom is -0.336 e. The number of fused-ring (bicyclic) bond motifs is 1. The van der Waals surface area contributed by atoms with Crippen molar-refractivity contribution in [1.82, 2.24) is 28.3 Å². The number of carbonyl (C=O) groups excluding carboxylic acids is 1. The zero-order valence-electron chi connectivity index (χ0n) is 18.4. The Morgan fingerprint density at radius 2 is 1.72 bits per heavy atom. The summed E-state index contributed by atoms with van der Waals surface area (Å²) in [5.74, 6) is -0.143. The lowest BCUT2D eigenvalue weighted by Crippen LogP contribution is -2.54. The number of piperazine rings is 1. The van der Waals surface area contributed by atoms with E-state index in [-0.39, 0.29) is 19.0 Å². The highest BCUT2D eigenvalue weighted by atomic mass is 32.2. The van der Waals surface area contributed by atoms with Gasteiger partial charge in [-0.3, -0.25) is 4.79 Å². The number of pyridine rings is 1. The minimum absolute atomic E-state index is 0.143. The number of carbonyl (C=O) groups is 1. The van der Waals surface area contributed by atoms with Gasteiger partial charge >= 0.3 is 0 Å². The molecule has 0 spiro atoms. The van der Waals surface area contributed by atoms with E-state index in [1.54, 1.807) is 23.4 Å². The van der Waals surface area contributed by atoms with Crippen molar-refractivity contribution in [3.8, 4) is 0 Å². The fourth-order valence-electron chi connectivity index (χ4n) is 3.98. The third-order valence-corrected chi connectivity index (χ3v) is 7.97. The predicted octanol–water partition coefficient (Wildman–Crippen LogP) is 1.82. The van der Waals surface area contributed by atoms with Crippen molar-refractivity contribution in [2.45, 2.75) is 20.4 Å². The first-order valence-electron chi connectivity index (χ1n) is 10.8. The first-order valence-corrected chi connectivity index (χ1v) is 12.2. The van der Waals surface area contributed by atoms with Crippen LogP contribution in [0.5, 0.6) is 0 Å². The molecule has 0 radical (unpaired) electrons. The van der Waals surface area contributed by atoms with Gasteiger partial charge in [0.15, 0.2) is 5.65 Å². The topological polar surface area (TPSA) is 91.6 Å². The van der Waals surface area contributed by atoms with E-state index in [0.29, 0.717) is 38.3 Å². The minimum atomic E-state index is -3.48. The van der Waals surface area contributed by atoms with Gasteiger partial charge in [0.2, 0.25) is 0 Å². The lowest BCUT2D eigenvalue weighted by Gasteiger charge is -2.36. The molecule has 0 aliphatic carbocycles. The van der Waals surface area contributed by atoms with Gasteiger partial charge in [0.05, 0.1) is 18.3 Å². The second kappa shape index (κ2) is 9.35. The first-order chi connectivity index (χ1) is 15.4. The molecule has 0 bridgehead atoms. The summed E-state index contributed by atoms with van der Waals surface area (Å²) in [6.45, 7) is 6.40. The lowest BCUT2D eigenvalue weighted by molar-refractivity contribution is 0.0694. The van der Waals surface area contributed by atoms with Crippen molar-refractivity contribution in [3.05, 3.63) is 59.9 Å². The first kappa shape index (κ1) is 22.4. The van der Waals surface area contributed by atoms with Crippen LogP contribution in [0.25, 0.3) is 11.0 Å². The molecule has 2 aromatic heterocycles. The molecule has 3 aromatic rings. The predicted molar refractivity (Wildman–Crippen MR) is 122 cm³/mol. The average Bonchev–Trinajstić information content (AvgIpc) is 3.22. The molecule has 0 atom stereocenters. The molecule has 1 amide bonds. The maximum atomic E-state index is 13.0. The zero-order chi connectivity index (χ0) is 22.7. The van der Waals surface area contributed by atoms with E-state index in [9.17, 15) is 13.2 Å². The maximum absolute atomic E-state index is 13.0. The quantitative estimate of drug-likeness (QED) is 0.541. The summed E-state index contributed by atoms with van der Waals surface area (Å²) in [7, 11) is -3.48. The Bertz CT molecular complexity index is 1180. The summed E-state index contributed by atoms with van der Waals surface area (Å²) < 4.78 is 30.1. The van der Waals surface area contributed by atoms with Crippen molar-refractivity contribution in [2.75, 3.05) is 39.3 Å². The molecule has 1 aromatic carbocycles. The number of nitrogens with zero attached hydrogens (tertiary/aromatic N) is 6. The molecular weight excluding hydrogens is 428 g/mol. The second-order valence-electron chi connectivity index (χ2n) is 7.71. The molecule has 1 aliphatic heterocycles. The monoisotopic (exact) mass is 456 g/mol. The molecule has 0 unspecified atom stereocenters. The van der Waals surface area contributed by atoms with Gasteiger partial charge in [-0.1, -0.05) is 44.2 Å². The summed E-state index contributed by atoms with van der Waals surface area (Å²) in [6.07, 6.45) is 3.30. The second-order valence-corrected chi connectivity index (χ2v) is 9.64. The largest absolute Gasteiger partial charge is 0.336 e. The van der Waals surface area contributed by atoms with Crippen molar-refractivity contribution < 1.29 is 13.2 Å². The van der Waals surface area contributed by atoms with E-state index in [2.05, 4.69) is 10.1 Å². The van der Waals surface area contributed by atoms with Crippen LogP contribution in [0.2, 0.25) is 0 Å². The van der Waals surface area contributed by atoms with Gasteiger partial charge in [0.1, 0.15) is 0 Å². The van der Waals surface area contributed by atoms with E-state index in [4.69, 9.17) is 0 Å². The molecule has 170 valence electrons. The third-order valence-electron chi connectivity index (χ3n) is 5.78. The number of amides is 1. The molecule has 1 aliphatic rings. The van der Waals surface area contributed by atoms with Gasteiger partial charge in [0.25, 0.3) is 16.1 Å². The molecule has 0 N–H and O–H groups in total. The van der Waals surface area contributed by atoms with Gasteiger partial charge < -0.3 is 4.90 Å². The molecule has 9 nitrogen and oxygen atoms in total. The smallest absolute Gasteiger partial charge is 0.282 e. The summed E-state index contributed by atoms with van der Waals surface area (Å²) in [6, 6.07) is 11.8. The SMILES string of the molecule is CCN(CC)S(=O)(=O)N1CCN(C(=O)c2cnc3c(cnn3Cc3ccccc3)c2)CC1. The summed E-state index contributed by atoms with van der Waals surface area (Å²) >= 11 is 0. The van der Waals surface area contributed by atoms with Crippen molar-refractivity contribution in [1.29, 1.82) is 0 Å². The van der Waals surface area contributed by atoms with E-state index in [0.717, 1.165) is 16.6 Å². The number of rotatable bonds is 7. The molecular formula is C22H28N6O3S. The summed E-state index contributed by atoms with van der Waals surface area (Å²) in [4.78, 5) is 19.2. The van der Waals surface area contributed by atoms with Gasteiger partial charge in [-0.25, -0.2) is 9.67 Å². The van der Waals surface area contributed by atoms with Gasteiger partial charge in [-0.2, -0.15) is 22.1 Å². The van der Waals surface area contributed by atoms with Crippen LogP contribution in [0.4, 0.5) is 0 Å². The average molecular weight is 457 g/mol. The molecule has 3 heterocycles. The Hall–Kier alpha value is -2.82. The molecule has 1 fully saturated rings. The molecule has 1 saturated heterocycles. The summed E-state index contributed by atoms with van der Waals surface area (Å²) in [5, 5.41) is 5.22. The fraction of sp³-hybridized carbons (Fsp3) is 0.409. The van der Waals surface area contributed by atoms with E-state index >= 15 is 0 Å². The zero-order valence-corrected chi connectivity index (χ0v) is 19.2. The Labute approximate surface area is 188 Å². The molecule has 10 heteroatoms. The Morgan fingerprint density at radius 3 is 2.38 bits per heavy atom. The standard InChI is InChI=1S/C22H28N6O3S/c1-3-26(4-2)32(30,31)27-12-10-25(11-13-27)22(29)20-14-19-16-24-28(21(19)23-15-20)17-18-8-6-5-7-9-18/h5-9,14-16H,3-4,10-13,17H2,1-2H3. The highest BCUT2D eigenvalue weighted by Crippen LogP contribution is 2.18. The van der Waals surface area contributed by atoms with Crippen LogP contribution in [-0.4, -0.2) is 81.9 Å². The highest BCUT2D eigenvalue weighted by Gasteiger charge is 2.32. The van der Waals surface area contributed by atoms with Gasteiger partial charge in [-0.15, -0.1) is 0 Å². The van der Waals surface area contributed by atoms with E-state index in [1.807, 2.05) is 48.9 Å². The Morgan fingerprint density at radius 1 is 1.03 bits per heavy atom. The highest BCUT2D eigenvalue weighted by molar-refractivity contribution is 7.86. The maximum Gasteiger partial charge on any atom is 0.282 e. The molecule has 32 heavy (non-hydrogen) atoms. The van der Waals surface area contributed by atoms with Gasteiger partial charge in [-0.05, 0) is 11.6 Å². The van der Waals surface area contributed by atoms with Crippen LogP contribution in [0.15, 0.2) is 48.8 Å². The Kier molecular flexibility index (Phi) is 6.54. The van der Waals surface area contributed by atoms with Crippen molar-refractivity contribution >= 4 is 27.1 Å². The Balaban J connectivity index is 1.44. The summed E-state index contributed by atoms with van der Waals surface area (Å²) in [5.41, 5.74) is 2.33. The van der Waals surface area contributed by atoms with Crippen LogP contribution in [-0.2, 0) is 16.8 Å². The van der Waals surface area contributed by atoms with Crippen molar-refractivity contribution in [2.24, 2.45) is 0 Å². The number of hydrogen-bond acceptors (Lipinski definition) is 5. The lowest BCUT2D eigenvalue weighted by atomic mass is 10.2. The normalized spacial score (nSPS) is 15.5. The molecule has 0 saturated carbocycles. The van der Waals surface area contributed by atoms with Crippen LogP contribution in [0.1, 0.15) is 29.8 Å². The third kappa shape index (κ3) is 4.38. The van der Waals surface area contributed by atoms with Crippen LogP contribution in [0, 0.1) is 0 Å². The number of aromatic nitrogens is 3. The number of hydrogen-bond donors (Lipinski definition) is 0. The van der Waals surface area contributed by atoms with Gasteiger partial charge in [0, 0.05) is 50.9 Å². The van der Waals surface area contributed by atoms with Crippen LogP contribution >= 0.6 is 0 Å².